The first-order chi connectivity index (χ1) is 7.97. The van der Waals surface area contributed by atoms with Gasteiger partial charge in [-0.25, -0.2) is 0 Å². The monoisotopic (exact) mass is 234 g/mol. The third kappa shape index (κ3) is 2.40. The zero-order valence-corrected chi connectivity index (χ0v) is 10.5. The lowest BCUT2D eigenvalue weighted by Crippen LogP contribution is -2.34. The van der Waals surface area contributed by atoms with Crippen LogP contribution in [0, 0.1) is 29.9 Å². The van der Waals surface area contributed by atoms with Gasteiger partial charge in [0.25, 0.3) is 5.69 Å². The number of nitrogens with one attached hydrogen (secondary N) is 1. The minimum Gasteiger partial charge on any atom is -0.382 e. The second-order valence-electron chi connectivity index (χ2n) is 5.13. The number of anilines is 1. The smallest absolute Gasteiger partial charge is 0.274 e. The summed E-state index contributed by atoms with van der Waals surface area (Å²) in [6.07, 6.45) is 2.31. The first-order valence-corrected chi connectivity index (χ1v) is 5.99. The molecule has 1 aliphatic rings. The zero-order valence-electron chi connectivity index (χ0n) is 10.5. The van der Waals surface area contributed by atoms with E-state index in [0.717, 1.165) is 35.6 Å². The highest BCUT2D eigenvalue weighted by Gasteiger charge is 2.26. The third-order valence-electron chi connectivity index (χ3n) is 3.47. The molecule has 2 rings (SSSR count). The van der Waals surface area contributed by atoms with Gasteiger partial charge in [-0.1, -0.05) is 6.92 Å². The molecule has 1 fully saturated rings. The second kappa shape index (κ2) is 4.35. The van der Waals surface area contributed by atoms with Crippen molar-refractivity contribution in [1.82, 2.24) is 0 Å². The molecule has 4 nitrogen and oxygen atoms in total. The number of nitrogens with zero attached hydrogens (tertiary/aromatic N) is 1. The van der Waals surface area contributed by atoms with Crippen molar-refractivity contribution in [1.29, 1.82) is 0 Å². The molecule has 0 spiro atoms. The summed E-state index contributed by atoms with van der Waals surface area (Å²) in [4.78, 5) is 10.6. The van der Waals surface area contributed by atoms with Gasteiger partial charge in [-0.3, -0.25) is 10.1 Å². The molecule has 0 aliphatic heterocycles. The Morgan fingerprint density at radius 1 is 1.29 bits per heavy atom. The average molecular weight is 234 g/mol. The average Bonchev–Trinajstić information content (AvgIpc) is 2.18. The van der Waals surface area contributed by atoms with Crippen molar-refractivity contribution in [3.8, 4) is 0 Å². The van der Waals surface area contributed by atoms with Gasteiger partial charge < -0.3 is 5.32 Å². The Bertz CT molecular complexity index is 451. The third-order valence-corrected chi connectivity index (χ3v) is 3.47. The summed E-state index contributed by atoms with van der Waals surface area (Å²) < 4.78 is 0. The lowest BCUT2D eigenvalue weighted by molar-refractivity contribution is -0.385. The Morgan fingerprint density at radius 3 is 2.47 bits per heavy atom. The van der Waals surface area contributed by atoms with Crippen LogP contribution in [0.2, 0.25) is 0 Å². The normalized spacial score (nSPS) is 23.0. The predicted octanol–water partition coefficient (Wildman–Crippen LogP) is 3.42. The highest BCUT2D eigenvalue weighted by molar-refractivity contribution is 5.60. The first kappa shape index (κ1) is 11.9. The fourth-order valence-electron chi connectivity index (χ4n) is 2.43. The van der Waals surface area contributed by atoms with E-state index in [1.165, 1.54) is 0 Å². The van der Waals surface area contributed by atoms with E-state index in [1.807, 2.05) is 13.0 Å². The number of aryl methyl sites for hydroxylation is 2. The van der Waals surface area contributed by atoms with Gasteiger partial charge in [-0.05, 0) is 44.2 Å². The summed E-state index contributed by atoms with van der Waals surface area (Å²) in [5, 5.41) is 14.3. The number of hydrogen-bond acceptors (Lipinski definition) is 3. The Labute approximate surface area is 101 Å². The maximum Gasteiger partial charge on any atom is 0.274 e. The van der Waals surface area contributed by atoms with Crippen molar-refractivity contribution < 1.29 is 4.92 Å². The molecule has 0 atom stereocenters. The van der Waals surface area contributed by atoms with Crippen LogP contribution in [-0.2, 0) is 0 Å². The van der Waals surface area contributed by atoms with E-state index in [2.05, 4.69) is 12.2 Å². The Hall–Kier alpha value is -1.58. The van der Waals surface area contributed by atoms with E-state index < -0.39 is 0 Å². The number of rotatable bonds is 3. The first-order valence-electron chi connectivity index (χ1n) is 5.99. The Balaban J connectivity index is 2.21. The van der Waals surface area contributed by atoms with E-state index in [1.54, 1.807) is 13.0 Å². The van der Waals surface area contributed by atoms with Gasteiger partial charge >= 0.3 is 0 Å². The summed E-state index contributed by atoms with van der Waals surface area (Å²) in [6, 6.07) is 4.02. The van der Waals surface area contributed by atoms with Crippen LogP contribution in [0.25, 0.3) is 0 Å². The van der Waals surface area contributed by atoms with Crippen LogP contribution in [-0.4, -0.2) is 11.0 Å². The molecule has 17 heavy (non-hydrogen) atoms. The van der Waals surface area contributed by atoms with E-state index in [-0.39, 0.29) is 10.6 Å². The molecule has 0 amide bonds. The summed E-state index contributed by atoms with van der Waals surface area (Å²) in [6.45, 7) is 5.99. The molecular weight excluding hydrogens is 216 g/mol. The largest absolute Gasteiger partial charge is 0.382 e. The minimum atomic E-state index is -0.316. The van der Waals surface area contributed by atoms with Crippen molar-refractivity contribution in [2.75, 3.05) is 5.32 Å². The van der Waals surface area contributed by atoms with Gasteiger partial charge in [0.15, 0.2) is 0 Å². The molecular formula is C13H18N2O2. The quantitative estimate of drug-likeness (QED) is 0.644. The fraction of sp³-hybridized carbons (Fsp3) is 0.538. The summed E-state index contributed by atoms with van der Waals surface area (Å²) >= 11 is 0. The fourth-order valence-corrected chi connectivity index (χ4v) is 2.43. The number of nitro groups is 1. The maximum atomic E-state index is 10.9. The molecule has 0 aromatic heterocycles. The molecule has 1 aromatic rings. The molecule has 0 radical (unpaired) electrons. The van der Waals surface area contributed by atoms with Crippen LogP contribution < -0.4 is 5.32 Å². The second-order valence-corrected chi connectivity index (χ2v) is 5.13. The predicted molar refractivity (Wildman–Crippen MR) is 68.4 cm³/mol. The van der Waals surface area contributed by atoms with E-state index in [9.17, 15) is 10.1 Å². The molecule has 1 saturated carbocycles. The number of benzene rings is 1. The molecule has 0 unspecified atom stereocenters. The van der Waals surface area contributed by atoms with Gasteiger partial charge in [0.05, 0.1) is 4.92 Å². The number of hydrogen-bond donors (Lipinski definition) is 1. The highest BCUT2D eigenvalue weighted by Crippen LogP contribution is 2.32. The maximum absolute atomic E-state index is 10.9. The summed E-state index contributed by atoms with van der Waals surface area (Å²) in [7, 11) is 0. The van der Waals surface area contributed by atoms with Gasteiger partial charge in [0.1, 0.15) is 0 Å². The van der Waals surface area contributed by atoms with Crippen LogP contribution in [0.3, 0.4) is 0 Å². The molecule has 0 heterocycles. The van der Waals surface area contributed by atoms with E-state index >= 15 is 0 Å². The molecule has 1 aromatic carbocycles. The summed E-state index contributed by atoms with van der Waals surface area (Å²) in [5.41, 5.74) is 2.90. The molecule has 1 N–H and O–H groups in total. The van der Waals surface area contributed by atoms with Crippen molar-refractivity contribution in [2.24, 2.45) is 5.92 Å². The van der Waals surface area contributed by atoms with Gasteiger partial charge in [0.2, 0.25) is 0 Å². The van der Waals surface area contributed by atoms with Crippen molar-refractivity contribution in [3.63, 3.8) is 0 Å². The topological polar surface area (TPSA) is 55.2 Å². The minimum absolute atomic E-state index is 0.200. The standard InChI is InChI=1S/C13H18N2O2/c1-8-4-11(5-8)14-12-7-13(15(16)17)10(3)6-9(12)2/h6-8,11,14H,4-5H2,1-3H3. The highest BCUT2D eigenvalue weighted by atomic mass is 16.6. The van der Waals surface area contributed by atoms with Crippen molar-refractivity contribution in [3.05, 3.63) is 33.4 Å². The number of nitro benzene ring substituents is 1. The SMILES string of the molecule is Cc1cc(C)c([N+](=O)[O-])cc1NC1CC(C)C1. The molecule has 0 bridgehead atoms. The van der Waals surface area contributed by atoms with Gasteiger partial charge in [-0.2, -0.15) is 0 Å². The van der Waals surface area contributed by atoms with Crippen LogP contribution in [0.5, 0.6) is 0 Å². The van der Waals surface area contributed by atoms with E-state index in [0.29, 0.717) is 6.04 Å². The Morgan fingerprint density at radius 2 is 1.94 bits per heavy atom. The zero-order chi connectivity index (χ0) is 12.6. The lowest BCUT2D eigenvalue weighted by atomic mass is 9.81. The molecule has 92 valence electrons. The lowest BCUT2D eigenvalue weighted by Gasteiger charge is -2.34. The molecule has 1 aliphatic carbocycles. The van der Waals surface area contributed by atoms with Gasteiger partial charge in [0, 0.05) is 23.4 Å². The van der Waals surface area contributed by atoms with Crippen LogP contribution >= 0.6 is 0 Å². The van der Waals surface area contributed by atoms with Crippen LogP contribution in [0.15, 0.2) is 12.1 Å². The van der Waals surface area contributed by atoms with Gasteiger partial charge in [-0.15, -0.1) is 0 Å². The van der Waals surface area contributed by atoms with Crippen LogP contribution in [0.1, 0.15) is 30.9 Å². The molecule has 4 heteroatoms. The Kier molecular flexibility index (Phi) is 3.05. The summed E-state index contributed by atoms with van der Waals surface area (Å²) in [5.74, 6) is 0.772. The van der Waals surface area contributed by atoms with E-state index in [4.69, 9.17) is 0 Å². The van der Waals surface area contributed by atoms with Crippen LogP contribution in [0.4, 0.5) is 11.4 Å². The van der Waals surface area contributed by atoms with Crippen molar-refractivity contribution in [2.45, 2.75) is 39.7 Å². The van der Waals surface area contributed by atoms with Crippen molar-refractivity contribution >= 4 is 11.4 Å². The molecule has 0 saturated heterocycles.